The van der Waals surface area contributed by atoms with E-state index in [4.69, 9.17) is 21.1 Å². The highest BCUT2D eigenvalue weighted by atomic mass is 35.5. The molecular weight excluding hydrogens is 282 g/mol. The molecule has 0 aliphatic heterocycles. The van der Waals surface area contributed by atoms with Gasteiger partial charge in [-0.15, -0.1) is 10.2 Å². The zero-order valence-electron chi connectivity index (χ0n) is 10.7. The zero-order chi connectivity index (χ0) is 14.4. The zero-order valence-corrected chi connectivity index (χ0v) is 11.4. The Labute approximate surface area is 120 Å². The molecule has 0 radical (unpaired) electrons. The summed E-state index contributed by atoms with van der Waals surface area (Å²) in [5, 5.41) is 20.0. The molecule has 0 spiro atoms. The molecule has 0 saturated heterocycles. The van der Waals surface area contributed by atoms with Crippen molar-refractivity contribution in [3.05, 3.63) is 35.2 Å². The van der Waals surface area contributed by atoms with Gasteiger partial charge in [-0.3, -0.25) is 4.79 Å². The number of nitrogens with one attached hydrogen (secondary N) is 1. The van der Waals surface area contributed by atoms with Crippen molar-refractivity contribution >= 4 is 17.6 Å². The Kier molecular flexibility index (Phi) is 5.09. The number of rotatable bonds is 7. The Morgan fingerprint density at radius 3 is 2.90 bits per heavy atom. The van der Waals surface area contributed by atoms with E-state index in [-0.39, 0.29) is 6.42 Å². The minimum absolute atomic E-state index is 0.141. The van der Waals surface area contributed by atoms with Crippen LogP contribution in [0.4, 0.5) is 0 Å². The molecule has 1 heterocycles. The van der Waals surface area contributed by atoms with E-state index in [2.05, 4.69) is 15.5 Å². The fourth-order valence-corrected chi connectivity index (χ4v) is 1.85. The van der Waals surface area contributed by atoms with Gasteiger partial charge < -0.3 is 14.8 Å². The van der Waals surface area contributed by atoms with E-state index in [0.29, 0.717) is 41.9 Å². The predicted molar refractivity (Wildman–Crippen MR) is 73.3 cm³/mol. The number of nitrogens with zero attached hydrogens (tertiary/aromatic N) is 2. The number of aromatic nitrogens is 2. The average molecular weight is 296 g/mol. The maximum atomic E-state index is 10.3. The van der Waals surface area contributed by atoms with Gasteiger partial charge in [-0.1, -0.05) is 23.7 Å². The lowest BCUT2D eigenvalue weighted by Crippen LogP contribution is -2.15. The van der Waals surface area contributed by atoms with Crippen LogP contribution in [0.2, 0.25) is 5.02 Å². The molecule has 1 aromatic heterocycles. The average Bonchev–Trinajstić information content (AvgIpc) is 2.87. The van der Waals surface area contributed by atoms with Crippen molar-refractivity contribution in [1.82, 2.24) is 15.5 Å². The quantitative estimate of drug-likeness (QED) is 0.762. The summed E-state index contributed by atoms with van der Waals surface area (Å²) in [6.45, 7) is 0.979. The third-order valence-corrected chi connectivity index (χ3v) is 2.92. The molecule has 2 aromatic rings. The van der Waals surface area contributed by atoms with Gasteiger partial charge in [0.05, 0.1) is 17.1 Å². The van der Waals surface area contributed by atoms with Crippen LogP contribution in [0.25, 0.3) is 11.5 Å². The maximum Gasteiger partial charge on any atom is 0.303 e. The number of aliphatic carboxylic acids is 1. The van der Waals surface area contributed by atoms with E-state index in [0.717, 1.165) is 0 Å². The summed E-state index contributed by atoms with van der Waals surface area (Å²) < 4.78 is 5.49. The van der Waals surface area contributed by atoms with Gasteiger partial charge in [0.15, 0.2) is 0 Å². The molecule has 0 aliphatic carbocycles. The molecule has 1 aromatic carbocycles. The monoisotopic (exact) mass is 295 g/mol. The van der Waals surface area contributed by atoms with E-state index < -0.39 is 5.97 Å². The second kappa shape index (κ2) is 7.02. The van der Waals surface area contributed by atoms with Crippen LogP contribution in [0.1, 0.15) is 18.7 Å². The van der Waals surface area contributed by atoms with Gasteiger partial charge in [0, 0.05) is 6.42 Å². The number of benzene rings is 1. The number of carboxylic acids is 1. The minimum Gasteiger partial charge on any atom is -0.481 e. The van der Waals surface area contributed by atoms with Crippen LogP contribution in [0.5, 0.6) is 0 Å². The molecule has 0 aliphatic rings. The first-order valence-electron chi connectivity index (χ1n) is 6.16. The molecular formula is C13H14ClN3O3. The lowest BCUT2D eigenvalue weighted by atomic mass is 10.2. The third kappa shape index (κ3) is 4.04. The van der Waals surface area contributed by atoms with Crippen LogP contribution in [-0.2, 0) is 11.3 Å². The van der Waals surface area contributed by atoms with Crippen molar-refractivity contribution in [3.63, 3.8) is 0 Å². The van der Waals surface area contributed by atoms with Gasteiger partial charge in [0.2, 0.25) is 11.8 Å². The number of halogens is 1. The summed E-state index contributed by atoms with van der Waals surface area (Å²) in [6.07, 6.45) is 0.697. The van der Waals surface area contributed by atoms with Crippen molar-refractivity contribution in [2.75, 3.05) is 6.54 Å². The molecule has 0 amide bonds. The van der Waals surface area contributed by atoms with Crippen molar-refractivity contribution in [3.8, 4) is 11.5 Å². The number of carboxylic acid groups (broad SMARTS) is 1. The standard InChI is InChI=1S/C13H14ClN3O3/c14-10-5-2-1-4-9(10)13-17-16-11(20-13)8-15-7-3-6-12(18)19/h1-2,4-5,15H,3,6-8H2,(H,18,19). The van der Waals surface area contributed by atoms with Gasteiger partial charge in [0.1, 0.15) is 0 Å². The normalized spacial score (nSPS) is 10.7. The summed E-state index contributed by atoms with van der Waals surface area (Å²) in [4.78, 5) is 10.3. The Hall–Kier alpha value is -1.92. The van der Waals surface area contributed by atoms with Gasteiger partial charge in [-0.25, -0.2) is 0 Å². The van der Waals surface area contributed by atoms with Gasteiger partial charge in [-0.2, -0.15) is 0 Å². The second-order valence-corrected chi connectivity index (χ2v) is 4.56. The molecule has 2 N–H and O–H groups in total. The summed E-state index contributed by atoms with van der Waals surface area (Å²) >= 11 is 6.04. The predicted octanol–water partition coefficient (Wildman–Crippen LogP) is 2.34. The lowest BCUT2D eigenvalue weighted by Gasteiger charge is -1.99. The number of carbonyl (C=O) groups is 1. The van der Waals surface area contributed by atoms with E-state index in [1.165, 1.54) is 0 Å². The molecule has 0 saturated carbocycles. The van der Waals surface area contributed by atoms with Crippen molar-refractivity contribution < 1.29 is 14.3 Å². The first kappa shape index (κ1) is 14.5. The Balaban J connectivity index is 1.87. The first-order chi connectivity index (χ1) is 9.66. The van der Waals surface area contributed by atoms with Crippen LogP contribution in [0.15, 0.2) is 28.7 Å². The van der Waals surface area contributed by atoms with Crippen LogP contribution >= 0.6 is 11.6 Å². The highest BCUT2D eigenvalue weighted by Crippen LogP contribution is 2.25. The topological polar surface area (TPSA) is 88.2 Å². The minimum atomic E-state index is -0.800. The molecule has 0 fully saturated rings. The highest BCUT2D eigenvalue weighted by molar-refractivity contribution is 6.33. The van der Waals surface area contributed by atoms with Gasteiger partial charge in [-0.05, 0) is 25.1 Å². The fourth-order valence-electron chi connectivity index (χ4n) is 1.63. The lowest BCUT2D eigenvalue weighted by molar-refractivity contribution is -0.137. The van der Waals surface area contributed by atoms with E-state index in [9.17, 15) is 4.79 Å². The molecule has 0 bridgehead atoms. The molecule has 0 atom stereocenters. The Morgan fingerprint density at radius 2 is 2.15 bits per heavy atom. The molecule has 6 nitrogen and oxygen atoms in total. The van der Waals surface area contributed by atoms with Crippen molar-refractivity contribution in [2.24, 2.45) is 0 Å². The molecule has 7 heteroatoms. The van der Waals surface area contributed by atoms with Crippen LogP contribution in [0.3, 0.4) is 0 Å². The smallest absolute Gasteiger partial charge is 0.303 e. The number of hydrogen-bond donors (Lipinski definition) is 2. The largest absolute Gasteiger partial charge is 0.481 e. The molecule has 2 rings (SSSR count). The van der Waals surface area contributed by atoms with Crippen molar-refractivity contribution in [2.45, 2.75) is 19.4 Å². The molecule has 106 valence electrons. The van der Waals surface area contributed by atoms with Gasteiger partial charge >= 0.3 is 5.97 Å². The second-order valence-electron chi connectivity index (χ2n) is 4.15. The SMILES string of the molecule is O=C(O)CCCNCc1nnc(-c2ccccc2Cl)o1. The summed E-state index contributed by atoms with van der Waals surface area (Å²) in [5.74, 6) is 0.0128. The first-order valence-corrected chi connectivity index (χ1v) is 6.54. The Morgan fingerprint density at radius 1 is 1.35 bits per heavy atom. The van der Waals surface area contributed by atoms with Crippen molar-refractivity contribution in [1.29, 1.82) is 0 Å². The van der Waals surface area contributed by atoms with Crippen LogP contribution in [-0.4, -0.2) is 27.8 Å². The number of hydrogen-bond acceptors (Lipinski definition) is 5. The highest BCUT2D eigenvalue weighted by Gasteiger charge is 2.10. The maximum absolute atomic E-state index is 10.3. The molecule has 0 unspecified atom stereocenters. The van der Waals surface area contributed by atoms with E-state index in [1.807, 2.05) is 12.1 Å². The van der Waals surface area contributed by atoms with E-state index in [1.54, 1.807) is 12.1 Å². The van der Waals surface area contributed by atoms with E-state index >= 15 is 0 Å². The van der Waals surface area contributed by atoms with Crippen LogP contribution in [0, 0.1) is 0 Å². The molecule has 20 heavy (non-hydrogen) atoms. The van der Waals surface area contributed by atoms with Gasteiger partial charge in [0.25, 0.3) is 0 Å². The fraction of sp³-hybridized carbons (Fsp3) is 0.308. The summed E-state index contributed by atoms with van der Waals surface area (Å²) in [5.41, 5.74) is 0.693. The third-order valence-electron chi connectivity index (χ3n) is 2.59. The summed E-state index contributed by atoms with van der Waals surface area (Å²) in [7, 11) is 0. The summed E-state index contributed by atoms with van der Waals surface area (Å²) in [6, 6.07) is 7.23. The van der Waals surface area contributed by atoms with Crippen LogP contribution < -0.4 is 5.32 Å². The Bertz CT molecular complexity index is 586.